The lowest BCUT2D eigenvalue weighted by molar-refractivity contribution is -0.151. The van der Waals surface area contributed by atoms with Gasteiger partial charge in [-0.3, -0.25) is 9.78 Å². The zero-order chi connectivity index (χ0) is 30.9. The van der Waals surface area contributed by atoms with Crippen LogP contribution in [0.3, 0.4) is 0 Å². The van der Waals surface area contributed by atoms with Gasteiger partial charge in [-0.2, -0.15) is 0 Å². The normalized spacial score (nSPS) is 30.6. The molecule has 3 N–H and O–H groups in total. The van der Waals surface area contributed by atoms with E-state index >= 15 is 0 Å². The van der Waals surface area contributed by atoms with Gasteiger partial charge in [-0.15, -0.1) is 0 Å². The van der Waals surface area contributed by atoms with Crippen LogP contribution in [0.2, 0.25) is 0 Å². The molecular formula is C33H49N3O6. The van der Waals surface area contributed by atoms with Gasteiger partial charge in [0.1, 0.15) is 6.10 Å². The van der Waals surface area contributed by atoms with Crippen LogP contribution < -0.4 is 0 Å². The molecule has 0 spiro atoms. The number of aliphatic hydroxyl groups is 2. The van der Waals surface area contributed by atoms with E-state index in [1.54, 1.807) is 13.1 Å². The number of cyclic esters (lactones) is 1. The van der Waals surface area contributed by atoms with Gasteiger partial charge in [-0.1, -0.05) is 50.3 Å². The first-order valence-electron chi connectivity index (χ1n) is 15.1. The van der Waals surface area contributed by atoms with E-state index in [9.17, 15) is 24.9 Å². The third-order valence-corrected chi connectivity index (χ3v) is 8.70. The predicted octanol–water partition coefficient (Wildman–Crippen LogP) is 4.78. The summed E-state index contributed by atoms with van der Waals surface area (Å²) in [5.74, 6) is -1.17. The zero-order valence-electron chi connectivity index (χ0n) is 25.7. The summed E-state index contributed by atoms with van der Waals surface area (Å²) in [7, 11) is 2.03. The van der Waals surface area contributed by atoms with Crippen molar-refractivity contribution in [1.29, 1.82) is 0 Å². The van der Waals surface area contributed by atoms with Crippen molar-refractivity contribution < 1.29 is 29.6 Å². The maximum Gasteiger partial charge on any atom is 0.407 e. The lowest BCUT2D eigenvalue weighted by atomic mass is 9.81. The van der Waals surface area contributed by atoms with Crippen molar-refractivity contribution in [3.05, 3.63) is 66.0 Å². The molecule has 0 aromatic carbocycles. The number of hydrogen-bond acceptors (Lipinski definition) is 7. The van der Waals surface area contributed by atoms with E-state index in [-0.39, 0.29) is 43.7 Å². The van der Waals surface area contributed by atoms with Crippen molar-refractivity contribution in [2.24, 2.45) is 11.8 Å². The summed E-state index contributed by atoms with van der Waals surface area (Å²) in [6.07, 6.45) is 10.6. The SMILES string of the molecule is C/C(=C\C=C\[C@H](C)c1ccccn1)[C@H]1OC(=O)C[C@@H](O)CC[C@](C)(O)[C@H](CN(C(=O)O)C2CCN(C)CC2)/C=C/[C@@H]1C. The van der Waals surface area contributed by atoms with Gasteiger partial charge in [0.15, 0.2) is 0 Å². The fraction of sp³-hybridized carbons (Fsp3) is 0.606. The lowest BCUT2D eigenvalue weighted by Gasteiger charge is -2.40. The summed E-state index contributed by atoms with van der Waals surface area (Å²) >= 11 is 0. The monoisotopic (exact) mass is 583 g/mol. The van der Waals surface area contributed by atoms with E-state index in [4.69, 9.17) is 4.74 Å². The lowest BCUT2D eigenvalue weighted by Crippen LogP contribution is -2.51. The molecule has 1 fully saturated rings. The Morgan fingerprint density at radius 3 is 2.62 bits per heavy atom. The largest absolute Gasteiger partial charge is 0.465 e. The average molecular weight is 584 g/mol. The van der Waals surface area contributed by atoms with Gasteiger partial charge in [0.05, 0.1) is 18.1 Å². The topological polar surface area (TPSA) is 123 Å². The number of piperidine rings is 1. The van der Waals surface area contributed by atoms with Crippen molar-refractivity contribution in [2.45, 2.75) is 89.6 Å². The molecule has 9 heteroatoms. The number of esters is 1. The van der Waals surface area contributed by atoms with E-state index in [0.717, 1.165) is 37.2 Å². The van der Waals surface area contributed by atoms with Crippen LogP contribution in [0.1, 0.15) is 71.4 Å². The summed E-state index contributed by atoms with van der Waals surface area (Å²) < 4.78 is 5.89. The molecule has 232 valence electrons. The summed E-state index contributed by atoms with van der Waals surface area (Å²) in [6.45, 7) is 9.37. The van der Waals surface area contributed by atoms with E-state index in [1.165, 1.54) is 4.90 Å². The molecule has 6 atom stereocenters. The maximum absolute atomic E-state index is 12.8. The second-order valence-corrected chi connectivity index (χ2v) is 12.3. The summed E-state index contributed by atoms with van der Waals surface area (Å²) in [4.78, 5) is 33.2. The fourth-order valence-corrected chi connectivity index (χ4v) is 5.73. The quantitative estimate of drug-likeness (QED) is 0.238. The van der Waals surface area contributed by atoms with Crippen LogP contribution in [0.5, 0.6) is 0 Å². The first-order valence-corrected chi connectivity index (χ1v) is 15.1. The van der Waals surface area contributed by atoms with Gasteiger partial charge in [0, 0.05) is 42.2 Å². The van der Waals surface area contributed by atoms with Crippen molar-refractivity contribution >= 4 is 12.1 Å². The number of amides is 1. The minimum atomic E-state index is -1.29. The molecule has 1 aromatic heterocycles. The molecule has 3 rings (SSSR count). The summed E-state index contributed by atoms with van der Waals surface area (Å²) in [6, 6.07) is 5.69. The van der Waals surface area contributed by atoms with Gasteiger partial charge in [0.2, 0.25) is 0 Å². The van der Waals surface area contributed by atoms with Gasteiger partial charge in [-0.25, -0.2) is 4.79 Å². The smallest absolute Gasteiger partial charge is 0.407 e. The van der Waals surface area contributed by atoms with Crippen molar-refractivity contribution in [1.82, 2.24) is 14.8 Å². The van der Waals surface area contributed by atoms with Crippen LogP contribution in [-0.4, -0.2) is 92.7 Å². The number of carbonyl (C=O) groups is 2. The number of pyridine rings is 1. The molecule has 3 heterocycles. The molecular weight excluding hydrogens is 534 g/mol. The number of aliphatic hydroxyl groups excluding tert-OH is 1. The number of allylic oxidation sites excluding steroid dienone is 3. The number of carboxylic acid groups (broad SMARTS) is 1. The van der Waals surface area contributed by atoms with E-state index in [0.29, 0.717) is 0 Å². The molecule has 0 aliphatic carbocycles. The number of likely N-dealkylation sites (tertiary alicyclic amines) is 1. The predicted molar refractivity (Wildman–Crippen MR) is 163 cm³/mol. The second kappa shape index (κ2) is 15.5. The van der Waals surface area contributed by atoms with Gasteiger partial charge < -0.3 is 29.9 Å². The number of carbonyl (C=O) groups excluding carboxylic acids is 1. The molecule has 1 amide bonds. The molecule has 0 unspecified atom stereocenters. The van der Waals surface area contributed by atoms with Crippen LogP contribution in [0.15, 0.2) is 60.3 Å². The maximum atomic E-state index is 12.8. The Kier molecular flexibility index (Phi) is 12.3. The Morgan fingerprint density at radius 1 is 1.26 bits per heavy atom. The fourth-order valence-electron chi connectivity index (χ4n) is 5.73. The Morgan fingerprint density at radius 2 is 1.98 bits per heavy atom. The van der Waals surface area contributed by atoms with Crippen LogP contribution in [0, 0.1) is 11.8 Å². The van der Waals surface area contributed by atoms with Gasteiger partial charge in [0.25, 0.3) is 0 Å². The van der Waals surface area contributed by atoms with Crippen molar-refractivity contribution in [3.8, 4) is 0 Å². The van der Waals surface area contributed by atoms with Crippen LogP contribution >= 0.6 is 0 Å². The average Bonchev–Trinajstić information content (AvgIpc) is 2.95. The Balaban J connectivity index is 1.86. The number of ether oxygens (including phenoxy) is 1. The third-order valence-electron chi connectivity index (χ3n) is 8.70. The number of rotatable bonds is 7. The van der Waals surface area contributed by atoms with Crippen LogP contribution in [0.4, 0.5) is 4.79 Å². The molecule has 1 saturated heterocycles. The number of nitrogens with zero attached hydrogens (tertiary/aromatic N) is 3. The minimum Gasteiger partial charge on any atom is -0.465 e. The Bertz CT molecular complexity index is 1110. The summed E-state index contributed by atoms with van der Waals surface area (Å²) in [5.41, 5.74) is 0.499. The van der Waals surface area contributed by atoms with E-state index in [1.807, 2.05) is 69.5 Å². The highest BCUT2D eigenvalue weighted by molar-refractivity contribution is 5.70. The Labute approximate surface area is 250 Å². The number of aromatic nitrogens is 1. The first kappa shape index (κ1) is 33.5. The standard InChI is InChI=1S/C33H49N3O6/c1-23(29-11-6-7-18-34-29)9-8-10-24(2)31-25(3)12-13-26(33(4,41)17-14-28(37)21-30(38)42-31)22-36(32(39)40)27-15-19-35(5)20-16-27/h6-13,18,23,25-28,31,37,41H,14-17,19-22H2,1-5H3,(H,39,40)/b9-8+,13-12+,24-10+/t23-,25-,26-,28-,31+,33-/m0/s1. The van der Waals surface area contributed by atoms with E-state index < -0.39 is 35.8 Å². The molecule has 1 aromatic rings. The molecule has 0 bridgehead atoms. The number of hydrogen-bond donors (Lipinski definition) is 3. The second-order valence-electron chi connectivity index (χ2n) is 12.3. The minimum absolute atomic E-state index is 0.103. The van der Waals surface area contributed by atoms with Crippen LogP contribution in [-0.2, 0) is 9.53 Å². The van der Waals surface area contributed by atoms with Crippen molar-refractivity contribution in [2.75, 3.05) is 26.7 Å². The van der Waals surface area contributed by atoms with E-state index in [2.05, 4.69) is 16.8 Å². The van der Waals surface area contributed by atoms with Crippen molar-refractivity contribution in [3.63, 3.8) is 0 Å². The highest BCUT2D eigenvalue weighted by Crippen LogP contribution is 2.31. The third kappa shape index (κ3) is 9.78. The highest BCUT2D eigenvalue weighted by atomic mass is 16.5. The molecule has 2 aliphatic rings. The van der Waals surface area contributed by atoms with Gasteiger partial charge >= 0.3 is 12.1 Å². The highest BCUT2D eigenvalue weighted by Gasteiger charge is 2.37. The zero-order valence-corrected chi connectivity index (χ0v) is 25.7. The molecule has 42 heavy (non-hydrogen) atoms. The Hall–Kier alpha value is -3.01. The summed E-state index contributed by atoms with van der Waals surface area (Å²) in [5, 5.41) is 32.3. The molecule has 0 saturated carbocycles. The molecule has 9 nitrogen and oxygen atoms in total. The first-order chi connectivity index (χ1) is 19.9. The van der Waals surface area contributed by atoms with Crippen LogP contribution in [0.25, 0.3) is 0 Å². The van der Waals surface area contributed by atoms with Gasteiger partial charge in [-0.05, 0) is 77.4 Å². The molecule has 2 aliphatic heterocycles. The molecule has 0 radical (unpaired) electrons.